The highest BCUT2D eigenvalue weighted by Gasteiger charge is 2.35. The molecule has 0 heterocycles. The highest BCUT2D eigenvalue weighted by atomic mass is 16.6. The van der Waals surface area contributed by atoms with E-state index in [2.05, 4.69) is 83.4 Å². The standard InChI is InChI=1S/C44H57N3O7/c1-34(39-32-41(53-3)42(33-40(39)47(50)51)54-31-19-18-30-48)46-43(49)24-16-8-6-4-5-7-9-17-29-45-44(35-20-12-10-13-21-35,36-22-14-11-15-23-36)37-25-27-38(52-2)28-26-37/h10-15,20-23,25-28,32-34,45,48H,4-9,16-19,24,29-31H2,1-3H3,(H,46,49). The second-order valence-corrected chi connectivity index (χ2v) is 13.6. The van der Waals surface area contributed by atoms with Gasteiger partial charge in [-0.2, -0.15) is 0 Å². The van der Waals surface area contributed by atoms with Crippen LogP contribution in [0, 0.1) is 10.1 Å². The van der Waals surface area contributed by atoms with Crippen molar-refractivity contribution in [3.63, 3.8) is 0 Å². The Kier molecular flexibility index (Phi) is 17.3. The summed E-state index contributed by atoms with van der Waals surface area (Å²) >= 11 is 0. The first-order chi connectivity index (χ1) is 26.3. The number of rotatable bonds is 25. The minimum atomic E-state index is -0.577. The number of carbonyl (C=O) groups excluding carboxylic acids is 1. The summed E-state index contributed by atoms with van der Waals surface area (Å²) in [6.45, 7) is 2.95. The van der Waals surface area contributed by atoms with Gasteiger partial charge in [-0.3, -0.25) is 20.2 Å². The number of unbranched alkanes of at least 4 members (excludes halogenated alkanes) is 8. The molecule has 10 heteroatoms. The Balaban J connectivity index is 1.19. The maximum Gasteiger partial charge on any atom is 0.278 e. The smallest absolute Gasteiger partial charge is 0.278 e. The Bertz CT molecular complexity index is 1660. The second kappa shape index (κ2) is 22.3. The second-order valence-electron chi connectivity index (χ2n) is 13.6. The Morgan fingerprint density at radius 2 is 1.31 bits per heavy atom. The number of aliphatic hydroxyl groups excluding tert-OH is 1. The van der Waals surface area contributed by atoms with Crippen LogP contribution in [0.2, 0.25) is 0 Å². The van der Waals surface area contributed by atoms with E-state index in [4.69, 9.17) is 19.3 Å². The number of carbonyl (C=O) groups is 1. The lowest BCUT2D eigenvalue weighted by Crippen LogP contribution is -2.45. The lowest BCUT2D eigenvalue weighted by molar-refractivity contribution is -0.385. The van der Waals surface area contributed by atoms with E-state index < -0.39 is 16.5 Å². The number of amides is 1. The normalized spacial score (nSPS) is 11.9. The zero-order valence-electron chi connectivity index (χ0n) is 32.1. The maximum absolute atomic E-state index is 12.8. The Morgan fingerprint density at radius 1 is 0.741 bits per heavy atom. The molecule has 0 aliphatic carbocycles. The molecule has 0 radical (unpaired) electrons. The van der Waals surface area contributed by atoms with Crippen LogP contribution in [0.15, 0.2) is 97.1 Å². The van der Waals surface area contributed by atoms with Crippen LogP contribution in [0.4, 0.5) is 5.69 Å². The molecule has 0 saturated heterocycles. The largest absolute Gasteiger partial charge is 0.497 e. The van der Waals surface area contributed by atoms with Gasteiger partial charge in [0.1, 0.15) is 5.75 Å². The van der Waals surface area contributed by atoms with Gasteiger partial charge in [0.2, 0.25) is 5.91 Å². The van der Waals surface area contributed by atoms with Crippen molar-refractivity contribution < 1.29 is 29.0 Å². The van der Waals surface area contributed by atoms with Crippen LogP contribution in [-0.2, 0) is 10.3 Å². The summed E-state index contributed by atoms with van der Waals surface area (Å²) < 4.78 is 16.6. The number of aliphatic hydroxyl groups is 1. The zero-order chi connectivity index (χ0) is 38.6. The monoisotopic (exact) mass is 739 g/mol. The molecule has 0 bridgehead atoms. The van der Waals surface area contributed by atoms with Crippen molar-refractivity contribution in [2.75, 3.05) is 34.0 Å². The fourth-order valence-corrected chi connectivity index (χ4v) is 6.90. The number of nitro groups is 1. The van der Waals surface area contributed by atoms with Crippen LogP contribution in [0.5, 0.6) is 17.2 Å². The van der Waals surface area contributed by atoms with E-state index in [9.17, 15) is 14.9 Å². The molecule has 1 unspecified atom stereocenters. The van der Waals surface area contributed by atoms with Crippen molar-refractivity contribution in [1.29, 1.82) is 0 Å². The molecule has 0 aliphatic rings. The SMILES string of the molecule is COc1ccc(C(NCCCCCCCCCCC(=O)NC(C)c2cc(OC)c(OCCCCO)cc2[N+](=O)[O-])(c2ccccc2)c2ccccc2)cc1. The molecule has 0 spiro atoms. The third-order valence-electron chi connectivity index (χ3n) is 9.82. The quantitative estimate of drug-likeness (QED) is 0.0266. The average Bonchev–Trinajstić information content (AvgIpc) is 3.20. The zero-order valence-corrected chi connectivity index (χ0v) is 32.1. The summed E-state index contributed by atoms with van der Waals surface area (Å²) in [7, 11) is 3.16. The van der Waals surface area contributed by atoms with Gasteiger partial charge >= 0.3 is 0 Å². The van der Waals surface area contributed by atoms with E-state index in [1.165, 1.54) is 24.3 Å². The van der Waals surface area contributed by atoms with Crippen LogP contribution in [0.3, 0.4) is 0 Å². The van der Waals surface area contributed by atoms with Crippen LogP contribution in [-0.4, -0.2) is 49.9 Å². The van der Waals surface area contributed by atoms with E-state index in [1.54, 1.807) is 20.1 Å². The first kappa shape index (κ1) is 41.8. The molecular weight excluding hydrogens is 682 g/mol. The molecule has 1 amide bonds. The van der Waals surface area contributed by atoms with Gasteiger partial charge in [0, 0.05) is 13.0 Å². The van der Waals surface area contributed by atoms with Crippen LogP contribution >= 0.6 is 0 Å². The van der Waals surface area contributed by atoms with Crippen molar-refractivity contribution >= 4 is 11.6 Å². The topological polar surface area (TPSA) is 132 Å². The molecule has 10 nitrogen and oxygen atoms in total. The Morgan fingerprint density at radius 3 is 1.87 bits per heavy atom. The lowest BCUT2D eigenvalue weighted by Gasteiger charge is -2.37. The van der Waals surface area contributed by atoms with E-state index in [-0.39, 0.29) is 24.0 Å². The van der Waals surface area contributed by atoms with Crippen molar-refractivity contribution in [3.8, 4) is 17.2 Å². The van der Waals surface area contributed by atoms with Crippen molar-refractivity contribution in [2.24, 2.45) is 0 Å². The number of ether oxygens (including phenoxy) is 3. The minimum Gasteiger partial charge on any atom is -0.497 e. The number of methoxy groups -OCH3 is 2. The Labute approximate surface area is 320 Å². The van der Waals surface area contributed by atoms with Gasteiger partial charge in [0.05, 0.1) is 49.0 Å². The minimum absolute atomic E-state index is 0.0510. The van der Waals surface area contributed by atoms with Gasteiger partial charge < -0.3 is 24.6 Å². The third kappa shape index (κ3) is 11.8. The fraction of sp³-hybridized carbons (Fsp3) is 0.432. The number of hydrogen-bond donors (Lipinski definition) is 3. The van der Waals surface area contributed by atoms with E-state index in [0.29, 0.717) is 37.2 Å². The van der Waals surface area contributed by atoms with Gasteiger partial charge in [0.15, 0.2) is 11.5 Å². The van der Waals surface area contributed by atoms with E-state index in [0.717, 1.165) is 69.2 Å². The van der Waals surface area contributed by atoms with E-state index in [1.807, 2.05) is 12.1 Å². The molecule has 0 saturated carbocycles. The molecule has 54 heavy (non-hydrogen) atoms. The fourth-order valence-electron chi connectivity index (χ4n) is 6.90. The van der Waals surface area contributed by atoms with Gasteiger partial charge in [-0.15, -0.1) is 0 Å². The molecule has 4 rings (SSSR count). The first-order valence-corrected chi connectivity index (χ1v) is 19.2. The predicted molar refractivity (Wildman–Crippen MR) is 213 cm³/mol. The molecule has 0 aromatic heterocycles. The van der Waals surface area contributed by atoms with Crippen molar-refractivity contribution in [3.05, 3.63) is 129 Å². The van der Waals surface area contributed by atoms with Crippen molar-refractivity contribution in [1.82, 2.24) is 10.6 Å². The highest BCUT2D eigenvalue weighted by molar-refractivity contribution is 5.76. The molecular formula is C44H57N3O7. The number of nitrogens with zero attached hydrogens (tertiary/aromatic N) is 1. The molecule has 0 aliphatic heterocycles. The summed E-state index contributed by atoms with van der Waals surface area (Å²) in [5.74, 6) is 1.32. The lowest BCUT2D eigenvalue weighted by atomic mass is 9.77. The summed E-state index contributed by atoms with van der Waals surface area (Å²) in [6, 6.07) is 31.9. The molecule has 290 valence electrons. The van der Waals surface area contributed by atoms with Crippen LogP contribution in [0.1, 0.15) is 106 Å². The molecule has 1 atom stereocenters. The maximum atomic E-state index is 12.8. The first-order valence-electron chi connectivity index (χ1n) is 19.2. The van der Waals surface area contributed by atoms with Crippen LogP contribution < -0.4 is 24.8 Å². The number of nitro benzene ring substituents is 1. The molecule has 0 fully saturated rings. The third-order valence-corrected chi connectivity index (χ3v) is 9.82. The van der Waals surface area contributed by atoms with Crippen molar-refractivity contribution in [2.45, 2.75) is 89.1 Å². The number of benzene rings is 4. The number of hydrogen-bond acceptors (Lipinski definition) is 8. The van der Waals surface area contributed by atoms with Gasteiger partial charge in [-0.05, 0) is 74.0 Å². The van der Waals surface area contributed by atoms with E-state index >= 15 is 0 Å². The number of nitrogens with one attached hydrogen (secondary N) is 2. The highest BCUT2D eigenvalue weighted by Crippen LogP contribution is 2.39. The molecule has 3 N–H and O–H groups in total. The predicted octanol–water partition coefficient (Wildman–Crippen LogP) is 9.03. The van der Waals surface area contributed by atoms with Gasteiger partial charge in [-0.1, -0.05) is 111 Å². The average molecular weight is 740 g/mol. The summed E-state index contributed by atoms with van der Waals surface area (Å²) in [6.07, 6.45) is 9.94. The molecule has 4 aromatic carbocycles. The summed E-state index contributed by atoms with van der Waals surface area (Å²) in [5.41, 5.74) is 3.27. The summed E-state index contributed by atoms with van der Waals surface area (Å²) in [5, 5.41) is 27.8. The van der Waals surface area contributed by atoms with Crippen LogP contribution in [0.25, 0.3) is 0 Å². The van der Waals surface area contributed by atoms with Gasteiger partial charge in [-0.25, -0.2) is 0 Å². The Hall–Kier alpha value is -4.93. The molecule has 4 aromatic rings. The summed E-state index contributed by atoms with van der Waals surface area (Å²) in [4.78, 5) is 24.2. The van der Waals surface area contributed by atoms with Gasteiger partial charge in [0.25, 0.3) is 5.69 Å².